The van der Waals surface area contributed by atoms with Gasteiger partial charge in [-0.2, -0.15) is 0 Å². The summed E-state index contributed by atoms with van der Waals surface area (Å²) in [5.41, 5.74) is 1.19. The van der Waals surface area contributed by atoms with Gasteiger partial charge in [0.1, 0.15) is 0 Å². The molecule has 0 aliphatic carbocycles. The third-order valence-corrected chi connectivity index (χ3v) is 2.50. The molecule has 3 heteroatoms. The number of rotatable bonds is 7. The van der Waals surface area contributed by atoms with Crippen LogP contribution in [-0.4, -0.2) is 31.0 Å². The second-order valence-electron chi connectivity index (χ2n) is 3.32. The van der Waals surface area contributed by atoms with Crippen LogP contribution in [0.25, 0.3) is 0 Å². The van der Waals surface area contributed by atoms with E-state index >= 15 is 0 Å². The van der Waals surface area contributed by atoms with E-state index in [4.69, 9.17) is 5.11 Å². The van der Waals surface area contributed by atoms with E-state index in [0.717, 1.165) is 6.42 Å². The van der Waals surface area contributed by atoms with E-state index in [0.29, 0.717) is 6.04 Å². The van der Waals surface area contributed by atoms with Gasteiger partial charge in [0.05, 0.1) is 6.73 Å². The summed E-state index contributed by atoms with van der Waals surface area (Å²) in [5.74, 6) is 0. The first-order valence-electron chi connectivity index (χ1n) is 4.98. The van der Waals surface area contributed by atoms with Crippen LogP contribution in [0, 0.1) is 0 Å². The van der Waals surface area contributed by atoms with Gasteiger partial charge >= 0.3 is 0 Å². The predicted molar refractivity (Wildman–Crippen MR) is 61.1 cm³/mol. The zero-order valence-electron chi connectivity index (χ0n) is 9.38. The van der Waals surface area contributed by atoms with Crippen molar-refractivity contribution in [1.82, 2.24) is 10.6 Å². The highest BCUT2D eigenvalue weighted by Gasteiger charge is 2.14. The molecule has 0 fully saturated rings. The van der Waals surface area contributed by atoms with Crippen LogP contribution in [-0.2, 0) is 0 Å². The van der Waals surface area contributed by atoms with E-state index in [9.17, 15) is 0 Å². The first-order valence-corrected chi connectivity index (χ1v) is 4.98. The quantitative estimate of drug-likeness (QED) is 0.423. The first kappa shape index (κ1) is 13.4. The molecular weight excluding hydrogens is 176 g/mol. The lowest BCUT2D eigenvalue weighted by Gasteiger charge is -2.24. The monoisotopic (exact) mass is 198 g/mol. The minimum atomic E-state index is 0.00479. The first-order chi connectivity index (χ1) is 6.69. The van der Waals surface area contributed by atoms with Gasteiger partial charge in [-0.05, 0) is 27.3 Å². The van der Waals surface area contributed by atoms with Gasteiger partial charge in [-0.3, -0.25) is 5.32 Å². The number of aliphatic hydroxyl groups excluding tert-OH is 1. The number of allylic oxidation sites excluding steroid dienone is 2. The lowest BCUT2D eigenvalue weighted by Crippen LogP contribution is -2.45. The topological polar surface area (TPSA) is 44.3 Å². The van der Waals surface area contributed by atoms with Gasteiger partial charge in [0.25, 0.3) is 0 Å². The summed E-state index contributed by atoms with van der Waals surface area (Å²) in [6.07, 6.45) is 4.78. The number of aliphatic hydroxyl groups is 1. The van der Waals surface area contributed by atoms with Crippen molar-refractivity contribution in [1.29, 1.82) is 0 Å². The van der Waals surface area contributed by atoms with Gasteiger partial charge in [0.15, 0.2) is 0 Å². The fraction of sp³-hybridized carbons (Fsp3) is 0.636. The Hall–Kier alpha value is -0.640. The molecule has 2 atom stereocenters. The molecular formula is C11H22N2O. The number of likely N-dealkylation sites (N-methyl/N-ethyl adjacent to an activating group) is 1. The summed E-state index contributed by atoms with van der Waals surface area (Å²) in [5, 5.41) is 15.1. The summed E-state index contributed by atoms with van der Waals surface area (Å²) in [6, 6.07) is 0.547. The Bertz CT molecular complexity index is 190. The molecule has 0 rings (SSSR count). The van der Waals surface area contributed by atoms with Crippen molar-refractivity contribution < 1.29 is 5.11 Å². The Morgan fingerprint density at radius 3 is 2.57 bits per heavy atom. The molecule has 0 aromatic rings. The molecule has 0 aliphatic rings. The summed E-state index contributed by atoms with van der Waals surface area (Å²) < 4.78 is 0. The fourth-order valence-corrected chi connectivity index (χ4v) is 1.32. The summed E-state index contributed by atoms with van der Waals surface area (Å²) >= 11 is 0. The van der Waals surface area contributed by atoms with Crippen molar-refractivity contribution in [3.8, 4) is 0 Å². The summed E-state index contributed by atoms with van der Waals surface area (Å²) in [6.45, 7) is 7.84. The highest BCUT2D eigenvalue weighted by atomic mass is 16.3. The maximum Gasteiger partial charge on any atom is 0.0934 e. The molecule has 0 spiro atoms. The van der Waals surface area contributed by atoms with Crippen LogP contribution in [0.4, 0.5) is 0 Å². The van der Waals surface area contributed by atoms with Crippen molar-refractivity contribution in [3.63, 3.8) is 0 Å². The molecule has 0 aromatic heterocycles. The molecule has 82 valence electrons. The minimum Gasteiger partial charge on any atom is -0.381 e. The average molecular weight is 198 g/mol. The van der Waals surface area contributed by atoms with Crippen molar-refractivity contribution in [2.45, 2.75) is 32.4 Å². The molecule has 0 aliphatic heterocycles. The van der Waals surface area contributed by atoms with Crippen molar-refractivity contribution in [2.24, 2.45) is 0 Å². The normalized spacial score (nSPS) is 16.4. The van der Waals surface area contributed by atoms with Gasteiger partial charge in [-0.1, -0.05) is 24.3 Å². The number of hydrogen-bond donors (Lipinski definition) is 3. The summed E-state index contributed by atoms with van der Waals surface area (Å²) in [7, 11) is 1.92. The largest absolute Gasteiger partial charge is 0.381 e. The highest BCUT2D eigenvalue weighted by molar-refractivity contribution is 5.17. The summed E-state index contributed by atoms with van der Waals surface area (Å²) in [4.78, 5) is 0. The van der Waals surface area contributed by atoms with E-state index in [1.54, 1.807) is 0 Å². The average Bonchev–Trinajstić information content (AvgIpc) is 2.23. The molecule has 0 amide bonds. The van der Waals surface area contributed by atoms with Crippen LogP contribution in [0.15, 0.2) is 24.3 Å². The second-order valence-corrected chi connectivity index (χ2v) is 3.32. The molecule has 0 saturated heterocycles. The molecule has 3 nitrogen and oxygen atoms in total. The predicted octanol–water partition coefficient (Wildman–Crippen LogP) is 1.02. The zero-order valence-corrected chi connectivity index (χ0v) is 9.38. The molecule has 3 N–H and O–H groups in total. The Balaban J connectivity index is 4.27. The van der Waals surface area contributed by atoms with Crippen molar-refractivity contribution in [3.05, 3.63) is 24.3 Å². The maximum absolute atomic E-state index is 8.86. The lowest BCUT2D eigenvalue weighted by atomic mass is 10.0. The third-order valence-electron chi connectivity index (χ3n) is 2.50. The SMILES string of the molecule is C=C/C(=C\C)C[C@H](NCO)C(C)NC. The molecule has 0 bridgehead atoms. The standard InChI is InChI=1S/C11H22N2O/c1-5-10(6-2)7-11(13-8-14)9(3)12-4/h5-6,9,11-14H,1,7-8H2,2-4H3/b10-6+/t9?,11-/m0/s1. The lowest BCUT2D eigenvalue weighted by molar-refractivity contribution is 0.226. The molecule has 0 heterocycles. The highest BCUT2D eigenvalue weighted by Crippen LogP contribution is 2.09. The van der Waals surface area contributed by atoms with E-state index in [-0.39, 0.29) is 12.8 Å². The van der Waals surface area contributed by atoms with Crippen LogP contribution >= 0.6 is 0 Å². The maximum atomic E-state index is 8.86. The number of nitrogens with one attached hydrogen (secondary N) is 2. The number of hydrogen-bond acceptors (Lipinski definition) is 3. The molecule has 1 unspecified atom stereocenters. The Labute approximate surface area is 86.9 Å². The van der Waals surface area contributed by atoms with E-state index < -0.39 is 0 Å². The minimum absolute atomic E-state index is 0.00479. The Morgan fingerprint density at radius 2 is 2.21 bits per heavy atom. The van der Waals surface area contributed by atoms with E-state index in [1.165, 1.54) is 5.57 Å². The Kier molecular flexibility index (Phi) is 7.38. The van der Waals surface area contributed by atoms with E-state index in [2.05, 4.69) is 24.1 Å². The van der Waals surface area contributed by atoms with Crippen LogP contribution in [0.3, 0.4) is 0 Å². The van der Waals surface area contributed by atoms with Gasteiger partial charge in [-0.15, -0.1) is 0 Å². The van der Waals surface area contributed by atoms with E-state index in [1.807, 2.05) is 26.1 Å². The van der Waals surface area contributed by atoms with Crippen molar-refractivity contribution in [2.75, 3.05) is 13.8 Å². The van der Waals surface area contributed by atoms with Gasteiger partial charge in [0, 0.05) is 12.1 Å². The van der Waals surface area contributed by atoms with Crippen LogP contribution in [0.1, 0.15) is 20.3 Å². The second kappa shape index (κ2) is 7.74. The van der Waals surface area contributed by atoms with Gasteiger partial charge < -0.3 is 10.4 Å². The molecule has 0 radical (unpaired) electrons. The molecule has 0 aromatic carbocycles. The fourth-order valence-electron chi connectivity index (χ4n) is 1.32. The zero-order chi connectivity index (χ0) is 11.0. The Morgan fingerprint density at radius 1 is 1.57 bits per heavy atom. The molecule has 0 saturated carbocycles. The van der Waals surface area contributed by atoms with Crippen molar-refractivity contribution >= 4 is 0 Å². The van der Waals surface area contributed by atoms with Gasteiger partial charge in [0.2, 0.25) is 0 Å². The van der Waals surface area contributed by atoms with Crippen LogP contribution < -0.4 is 10.6 Å². The van der Waals surface area contributed by atoms with Crippen LogP contribution in [0.2, 0.25) is 0 Å². The molecule has 14 heavy (non-hydrogen) atoms. The third kappa shape index (κ3) is 4.56. The van der Waals surface area contributed by atoms with Crippen LogP contribution in [0.5, 0.6) is 0 Å². The van der Waals surface area contributed by atoms with Gasteiger partial charge in [-0.25, -0.2) is 0 Å². The smallest absolute Gasteiger partial charge is 0.0934 e.